The van der Waals surface area contributed by atoms with E-state index in [1.807, 2.05) is 0 Å². The van der Waals surface area contributed by atoms with Gasteiger partial charge in [-0.15, -0.1) is 0 Å². The van der Waals surface area contributed by atoms with Crippen molar-refractivity contribution >= 4 is 0 Å². The minimum absolute atomic E-state index is 0.243. The maximum Gasteiger partial charge on any atom is 0.159 e. The lowest BCUT2D eigenvalue weighted by Gasteiger charge is -2.37. The molecule has 1 saturated carbocycles. The lowest BCUT2D eigenvalue weighted by atomic mass is 9.73. The molecular formula is C17H25F2N. The number of unbranched alkanes of at least 4 members (excludes halogenated alkanes) is 1. The Kier molecular flexibility index (Phi) is 5.14. The molecule has 0 atom stereocenters. The van der Waals surface area contributed by atoms with Gasteiger partial charge in [0.15, 0.2) is 11.6 Å². The average Bonchev–Trinajstić information content (AvgIpc) is 2.42. The van der Waals surface area contributed by atoms with Crippen LogP contribution in [0.2, 0.25) is 0 Å². The van der Waals surface area contributed by atoms with Gasteiger partial charge in [0.25, 0.3) is 0 Å². The van der Waals surface area contributed by atoms with E-state index in [1.165, 1.54) is 44.2 Å². The normalized spacial score (nSPS) is 26.7. The Balaban J connectivity index is 1.91. The standard InChI is InChI=1S/C17H25F2N/c1-2-3-4-13-7-9-17(20,10-8-13)12-14-5-6-15(18)16(19)11-14/h5-6,11,13H,2-4,7-10,12,20H2,1H3. The maximum absolute atomic E-state index is 13.2. The third-order valence-electron chi connectivity index (χ3n) is 4.61. The summed E-state index contributed by atoms with van der Waals surface area (Å²) in [6.07, 6.45) is 8.80. The monoisotopic (exact) mass is 281 g/mol. The summed E-state index contributed by atoms with van der Waals surface area (Å²) in [5, 5.41) is 0. The van der Waals surface area contributed by atoms with Gasteiger partial charge < -0.3 is 5.73 Å². The second-order valence-electron chi connectivity index (χ2n) is 6.37. The first kappa shape index (κ1) is 15.4. The van der Waals surface area contributed by atoms with Crippen LogP contribution in [0, 0.1) is 17.6 Å². The van der Waals surface area contributed by atoms with Crippen molar-refractivity contribution in [3.63, 3.8) is 0 Å². The number of nitrogens with two attached hydrogens (primary N) is 1. The Hall–Kier alpha value is -0.960. The Morgan fingerprint density at radius 2 is 1.90 bits per heavy atom. The van der Waals surface area contributed by atoms with Gasteiger partial charge in [0.05, 0.1) is 0 Å². The highest BCUT2D eigenvalue weighted by Crippen LogP contribution is 2.35. The fourth-order valence-corrected chi connectivity index (χ4v) is 3.27. The molecule has 1 fully saturated rings. The Bertz CT molecular complexity index is 437. The van der Waals surface area contributed by atoms with Crippen LogP contribution in [-0.2, 0) is 6.42 Å². The molecule has 2 rings (SSSR count). The van der Waals surface area contributed by atoms with Gasteiger partial charge in [0.1, 0.15) is 0 Å². The summed E-state index contributed by atoms with van der Waals surface area (Å²) in [5.74, 6) is -0.762. The molecule has 0 aliphatic heterocycles. The quantitative estimate of drug-likeness (QED) is 0.839. The van der Waals surface area contributed by atoms with Crippen LogP contribution in [-0.4, -0.2) is 5.54 Å². The molecule has 0 heterocycles. The van der Waals surface area contributed by atoms with Crippen LogP contribution in [0.15, 0.2) is 18.2 Å². The van der Waals surface area contributed by atoms with E-state index in [0.717, 1.165) is 24.3 Å². The Morgan fingerprint density at radius 1 is 1.20 bits per heavy atom. The molecule has 20 heavy (non-hydrogen) atoms. The Morgan fingerprint density at radius 3 is 2.50 bits per heavy atom. The summed E-state index contributed by atoms with van der Waals surface area (Å²) in [4.78, 5) is 0. The van der Waals surface area contributed by atoms with Gasteiger partial charge in [-0.25, -0.2) is 8.78 Å². The smallest absolute Gasteiger partial charge is 0.159 e. The molecular weight excluding hydrogens is 256 g/mol. The number of halogens is 2. The van der Waals surface area contributed by atoms with Gasteiger partial charge in [-0.2, -0.15) is 0 Å². The van der Waals surface area contributed by atoms with Crippen molar-refractivity contribution in [1.29, 1.82) is 0 Å². The number of benzene rings is 1. The first-order valence-electron chi connectivity index (χ1n) is 7.75. The summed E-state index contributed by atoms with van der Waals surface area (Å²) < 4.78 is 26.2. The van der Waals surface area contributed by atoms with Crippen LogP contribution in [0.1, 0.15) is 57.4 Å². The molecule has 3 heteroatoms. The lowest BCUT2D eigenvalue weighted by molar-refractivity contribution is 0.221. The topological polar surface area (TPSA) is 26.0 Å². The zero-order valence-corrected chi connectivity index (χ0v) is 12.3. The molecule has 1 nitrogen and oxygen atoms in total. The van der Waals surface area contributed by atoms with Gasteiger partial charge in [0, 0.05) is 5.54 Å². The predicted molar refractivity (Wildman–Crippen MR) is 78.5 cm³/mol. The van der Waals surface area contributed by atoms with Crippen molar-refractivity contribution in [2.24, 2.45) is 11.7 Å². The molecule has 1 aromatic rings. The van der Waals surface area contributed by atoms with E-state index in [0.29, 0.717) is 6.42 Å². The van der Waals surface area contributed by atoms with Crippen LogP contribution < -0.4 is 5.73 Å². The molecule has 2 N–H and O–H groups in total. The maximum atomic E-state index is 13.2. The highest BCUT2D eigenvalue weighted by molar-refractivity contribution is 5.20. The molecule has 112 valence electrons. The minimum atomic E-state index is -0.789. The molecule has 1 aliphatic rings. The first-order valence-corrected chi connectivity index (χ1v) is 7.75. The second-order valence-corrected chi connectivity index (χ2v) is 6.37. The van der Waals surface area contributed by atoms with Crippen molar-refractivity contribution in [3.8, 4) is 0 Å². The fraction of sp³-hybridized carbons (Fsp3) is 0.647. The van der Waals surface area contributed by atoms with Crippen molar-refractivity contribution in [2.75, 3.05) is 0 Å². The molecule has 0 aromatic heterocycles. The van der Waals surface area contributed by atoms with Gasteiger partial charge in [-0.3, -0.25) is 0 Å². The summed E-state index contributed by atoms with van der Waals surface area (Å²) in [6.45, 7) is 2.22. The summed E-state index contributed by atoms with van der Waals surface area (Å²) in [6, 6.07) is 4.13. The van der Waals surface area contributed by atoms with Gasteiger partial charge >= 0.3 is 0 Å². The van der Waals surface area contributed by atoms with E-state index >= 15 is 0 Å². The number of hydrogen-bond acceptors (Lipinski definition) is 1. The fourth-order valence-electron chi connectivity index (χ4n) is 3.27. The molecule has 0 spiro atoms. The third kappa shape index (κ3) is 4.02. The van der Waals surface area contributed by atoms with E-state index < -0.39 is 11.6 Å². The van der Waals surface area contributed by atoms with Gasteiger partial charge in [-0.1, -0.05) is 32.3 Å². The van der Waals surface area contributed by atoms with Gasteiger partial charge in [0.2, 0.25) is 0 Å². The Labute approximate surface area is 120 Å². The highest BCUT2D eigenvalue weighted by Gasteiger charge is 2.31. The molecule has 0 saturated heterocycles. The van der Waals surface area contributed by atoms with E-state index in [1.54, 1.807) is 6.07 Å². The molecule has 0 bridgehead atoms. The van der Waals surface area contributed by atoms with Crippen LogP contribution in [0.25, 0.3) is 0 Å². The summed E-state index contributed by atoms with van der Waals surface area (Å²) in [7, 11) is 0. The van der Waals surface area contributed by atoms with Crippen LogP contribution in [0.5, 0.6) is 0 Å². The zero-order chi connectivity index (χ0) is 14.6. The summed E-state index contributed by atoms with van der Waals surface area (Å²) >= 11 is 0. The number of hydrogen-bond donors (Lipinski definition) is 1. The average molecular weight is 281 g/mol. The molecule has 0 unspecified atom stereocenters. The van der Waals surface area contributed by atoms with Crippen molar-refractivity contribution in [1.82, 2.24) is 0 Å². The van der Waals surface area contributed by atoms with Crippen LogP contribution in [0.4, 0.5) is 8.78 Å². The summed E-state index contributed by atoms with van der Waals surface area (Å²) in [5.41, 5.74) is 7.01. The molecule has 0 radical (unpaired) electrons. The largest absolute Gasteiger partial charge is 0.325 e. The number of rotatable bonds is 5. The van der Waals surface area contributed by atoms with Crippen LogP contribution in [0.3, 0.4) is 0 Å². The minimum Gasteiger partial charge on any atom is -0.325 e. The first-order chi connectivity index (χ1) is 9.52. The van der Waals surface area contributed by atoms with E-state index in [4.69, 9.17) is 5.73 Å². The lowest BCUT2D eigenvalue weighted by Crippen LogP contribution is -2.45. The third-order valence-corrected chi connectivity index (χ3v) is 4.61. The van der Waals surface area contributed by atoms with Gasteiger partial charge in [-0.05, 0) is 55.7 Å². The predicted octanol–water partition coefficient (Wildman–Crippen LogP) is 4.59. The SMILES string of the molecule is CCCCC1CCC(N)(Cc2ccc(F)c(F)c2)CC1. The highest BCUT2D eigenvalue weighted by atomic mass is 19.2. The van der Waals surface area contributed by atoms with E-state index in [2.05, 4.69) is 6.92 Å². The zero-order valence-electron chi connectivity index (χ0n) is 12.3. The van der Waals surface area contributed by atoms with E-state index in [-0.39, 0.29) is 5.54 Å². The molecule has 0 amide bonds. The van der Waals surface area contributed by atoms with Crippen LogP contribution >= 0.6 is 0 Å². The van der Waals surface area contributed by atoms with Crippen molar-refractivity contribution in [2.45, 2.75) is 63.8 Å². The van der Waals surface area contributed by atoms with Crippen molar-refractivity contribution in [3.05, 3.63) is 35.4 Å². The molecule has 1 aliphatic carbocycles. The second kappa shape index (κ2) is 6.66. The molecule has 1 aromatic carbocycles. The van der Waals surface area contributed by atoms with E-state index in [9.17, 15) is 8.78 Å². The van der Waals surface area contributed by atoms with Crippen molar-refractivity contribution < 1.29 is 8.78 Å².